The van der Waals surface area contributed by atoms with Crippen LogP contribution in [0.4, 0.5) is 23.9 Å². The summed E-state index contributed by atoms with van der Waals surface area (Å²) in [6, 6.07) is 8.92. The van der Waals surface area contributed by atoms with Gasteiger partial charge in [0.05, 0.1) is 33.6 Å². The number of halogens is 3. The van der Waals surface area contributed by atoms with Crippen molar-refractivity contribution in [1.82, 2.24) is 0 Å². The highest BCUT2D eigenvalue weighted by Gasteiger charge is 2.32. The van der Waals surface area contributed by atoms with Gasteiger partial charge in [-0.3, -0.25) is 10.1 Å². The van der Waals surface area contributed by atoms with E-state index in [1.165, 1.54) is 37.4 Å². The third-order valence-electron chi connectivity index (χ3n) is 4.23. The van der Waals surface area contributed by atoms with E-state index in [2.05, 4.69) is 5.32 Å². The molecule has 2 N–H and O–H groups in total. The molecule has 2 aromatic carbocycles. The molecule has 1 aromatic heterocycles. The first-order chi connectivity index (χ1) is 13.7. The Morgan fingerprint density at radius 2 is 1.90 bits per heavy atom. The molecule has 0 aliphatic rings. The summed E-state index contributed by atoms with van der Waals surface area (Å²) in [6.45, 7) is 0. The number of thiophene rings is 1. The fourth-order valence-electron chi connectivity index (χ4n) is 2.96. The zero-order valence-electron chi connectivity index (χ0n) is 15.2. The molecule has 1 heterocycles. The van der Waals surface area contributed by atoms with E-state index in [9.17, 15) is 28.4 Å². The summed E-state index contributed by atoms with van der Waals surface area (Å²) in [5, 5.41) is 25.6. The smallest absolute Gasteiger partial charge is 0.416 e. The van der Waals surface area contributed by atoms with E-state index < -0.39 is 16.7 Å². The number of aromatic hydroxyl groups is 1. The number of hydrogen-bond acceptors (Lipinski definition) is 6. The van der Waals surface area contributed by atoms with E-state index >= 15 is 0 Å². The van der Waals surface area contributed by atoms with Crippen molar-refractivity contribution in [3.8, 4) is 33.1 Å². The Kier molecular flexibility index (Phi) is 5.38. The van der Waals surface area contributed by atoms with Crippen LogP contribution in [0.5, 0.6) is 11.5 Å². The van der Waals surface area contributed by atoms with Gasteiger partial charge in [0.2, 0.25) is 0 Å². The normalized spacial score (nSPS) is 11.3. The van der Waals surface area contributed by atoms with Crippen LogP contribution in [0.1, 0.15) is 5.56 Å². The third kappa shape index (κ3) is 3.70. The van der Waals surface area contributed by atoms with E-state index in [-0.39, 0.29) is 38.8 Å². The lowest BCUT2D eigenvalue weighted by Gasteiger charge is -2.10. The molecule has 3 rings (SSSR count). The largest absolute Gasteiger partial charge is 0.506 e. The van der Waals surface area contributed by atoms with Gasteiger partial charge in [-0.1, -0.05) is 18.2 Å². The minimum Gasteiger partial charge on any atom is -0.506 e. The van der Waals surface area contributed by atoms with Gasteiger partial charge in [0, 0.05) is 7.05 Å². The zero-order chi connectivity index (χ0) is 21.3. The van der Waals surface area contributed by atoms with E-state index in [1.54, 1.807) is 7.05 Å². The summed E-state index contributed by atoms with van der Waals surface area (Å²) in [5.41, 5.74) is -0.835. The van der Waals surface area contributed by atoms with Gasteiger partial charge in [0.25, 0.3) is 0 Å². The van der Waals surface area contributed by atoms with Crippen molar-refractivity contribution in [3.05, 3.63) is 58.1 Å². The molecular formula is C19H15F3N2O4S. The first kappa shape index (κ1) is 20.5. The van der Waals surface area contributed by atoms with Crippen molar-refractivity contribution in [2.45, 2.75) is 6.18 Å². The molecule has 3 aromatic rings. The van der Waals surface area contributed by atoms with Crippen LogP contribution >= 0.6 is 11.3 Å². The van der Waals surface area contributed by atoms with Gasteiger partial charge in [-0.05, 0) is 29.8 Å². The molecule has 29 heavy (non-hydrogen) atoms. The maximum absolute atomic E-state index is 13.1. The predicted molar refractivity (Wildman–Crippen MR) is 105 cm³/mol. The van der Waals surface area contributed by atoms with Crippen LogP contribution < -0.4 is 10.1 Å². The quantitative estimate of drug-likeness (QED) is 0.402. The van der Waals surface area contributed by atoms with E-state index in [0.29, 0.717) is 5.00 Å². The molecule has 0 unspecified atom stereocenters. The first-order valence-electron chi connectivity index (χ1n) is 8.22. The molecule has 0 bridgehead atoms. The maximum Gasteiger partial charge on any atom is 0.416 e. The Bertz CT molecular complexity index is 1080. The van der Waals surface area contributed by atoms with Crippen LogP contribution in [0, 0.1) is 10.1 Å². The van der Waals surface area contributed by atoms with Gasteiger partial charge < -0.3 is 15.2 Å². The first-order valence-corrected chi connectivity index (χ1v) is 9.03. The summed E-state index contributed by atoms with van der Waals surface area (Å²) < 4.78 is 44.3. The fraction of sp³-hybridized carbons (Fsp3) is 0.158. The van der Waals surface area contributed by atoms with Crippen LogP contribution in [0.3, 0.4) is 0 Å². The molecule has 6 nitrogen and oxygen atoms in total. The van der Waals surface area contributed by atoms with Gasteiger partial charge >= 0.3 is 11.9 Å². The van der Waals surface area contributed by atoms with Crippen molar-refractivity contribution in [2.24, 2.45) is 0 Å². The Balaban J connectivity index is 2.26. The Labute approximate surface area is 167 Å². The molecule has 0 saturated heterocycles. The summed E-state index contributed by atoms with van der Waals surface area (Å²) in [5.74, 6) is -0.345. The molecule has 0 aliphatic carbocycles. The van der Waals surface area contributed by atoms with E-state index in [0.717, 1.165) is 23.5 Å². The lowest BCUT2D eigenvalue weighted by molar-refractivity contribution is -0.385. The zero-order valence-corrected chi connectivity index (χ0v) is 16.0. The lowest BCUT2D eigenvalue weighted by atomic mass is 10.0. The second kappa shape index (κ2) is 7.63. The highest BCUT2D eigenvalue weighted by Crippen LogP contribution is 2.53. The number of nitro groups is 1. The fourth-order valence-corrected chi connectivity index (χ4v) is 4.05. The van der Waals surface area contributed by atoms with Crippen molar-refractivity contribution in [2.75, 3.05) is 19.5 Å². The molecular weight excluding hydrogens is 409 g/mol. The van der Waals surface area contributed by atoms with Crippen LogP contribution in [0.15, 0.2) is 42.5 Å². The van der Waals surface area contributed by atoms with E-state index in [1.807, 2.05) is 0 Å². The lowest BCUT2D eigenvalue weighted by Crippen LogP contribution is -2.04. The van der Waals surface area contributed by atoms with Gasteiger partial charge in [-0.2, -0.15) is 13.2 Å². The minimum absolute atomic E-state index is 0.00641. The van der Waals surface area contributed by atoms with Crippen LogP contribution in [-0.2, 0) is 6.18 Å². The molecule has 0 saturated carbocycles. The van der Waals surface area contributed by atoms with Gasteiger partial charge in [0.15, 0.2) is 5.75 Å². The topological polar surface area (TPSA) is 84.6 Å². The molecule has 0 amide bonds. The highest BCUT2D eigenvalue weighted by atomic mass is 32.1. The number of nitrogens with zero attached hydrogens (tertiary/aromatic N) is 1. The van der Waals surface area contributed by atoms with Crippen molar-refractivity contribution < 1.29 is 27.9 Å². The van der Waals surface area contributed by atoms with Crippen molar-refractivity contribution >= 4 is 22.0 Å². The van der Waals surface area contributed by atoms with E-state index in [4.69, 9.17) is 4.74 Å². The Morgan fingerprint density at radius 3 is 2.48 bits per heavy atom. The van der Waals surface area contributed by atoms with Gasteiger partial charge in [-0.15, -0.1) is 11.3 Å². The van der Waals surface area contributed by atoms with Gasteiger partial charge in [-0.25, -0.2) is 0 Å². The maximum atomic E-state index is 13.1. The Hall–Kier alpha value is -3.27. The molecule has 0 fully saturated rings. The molecule has 0 spiro atoms. The highest BCUT2D eigenvalue weighted by molar-refractivity contribution is 7.20. The van der Waals surface area contributed by atoms with Gasteiger partial charge in [0.1, 0.15) is 10.8 Å². The number of rotatable bonds is 5. The number of para-hydroxylation sites is 1. The summed E-state index contributed by atoms with van der Waals surface area (Å²) in [6.07, 6.45) is -4.55. The SMILES string of the molecule is CNc1sc(-c2cccc(OC)c2[N+](=O)[O-])c(O)c1-c1cccc(C(F)(F)F)c1. The molecule has 0 aliphatic heterocycles. The minimum atomic E-state index is -4.55. The Morgan fingerprint density at radius 1 is 1.21 bits per heavy atom. The summed E-state index contributed by atoms with van der Waals surface area (Å²) >= 11 is 0.996. The number of ether oxygens (including phenoxy) is 1. The molecule has 0 radical (unpaired) electrons. The standard InChI is InChI=1S/C19H15F3N2O4S/c1-23-18-14(10-5-3-6-11(9-10)19(20,21)22)16(25)17(29-18)12-7-4-8-13(28-2)15(12)24(26)27/h3-9,23,25H,1-2H3. The average molecular weight is 424 g/mol. The van der Waals surface area contributed by atoms with Crippen LogP contribution in [-0.4, -0.2) is 24.2 Å². The summed E-state index contributed by atoms with van der Waals surface area (Å²) in [4.78, 5) is 11.1. The summed E-state index contributed by atoms with van der Waals surface area (Å²) in [7, 11) is 2.83. The molecule has 0 atom stereocenters. The number of benzene rings is 2. The molecule has 152 valence electrons. The number of methoxy groups -OCH3 is 1. The predicted octanol–water partition coefficient (Wildman–Crippen LogP) is 5.77. The average Bonchev–Trinajstić information content (AvgIpc) is 3.02. The third-order valence-corrected chi connectivity index (χ3v) is 5.46. The number of nitro benzene ring substituents is 1. The van der Waals surface area contributed by atoms with Crippen molar-refractivity contribution in [1.29, 1.82) is 0 Å². The van der Waals surface area contributed by atoms with Crippen LogP contribution in [0.25, 0.3) is 21.6 Å². The number of nitrogens with one attached hydrogen (secondary N) is 1. The molecule has 10 heteroatoms. The second-order valence-corrected chi connectivity index (χ2v) is 6.95. The number of alkyl halides is 3. The number of hydrogen-bond donors (Lipinski definition) is 2. The number of anilines is 1. The van der Waals surface area contributed by atoms with Crippen molar-refractivity contribution in [3.63, 3.8) is 0 Å². The second-order valence-electron chi connectivity index (χ2n) is 5.93. The monoisotopic (exact) mass is 424 g/mol. The van der Waals surface area contributed by atoms with Crippen LogP contribution in [0.2, 0.25) is 0 Å².